The van der Waals surface area contributed by atoms with Crippen LogP contribution in [0.2, 0.25) is 0 Å². The molecule has 0 aliphatic heterocycles. The fraction of sp³-hybridized carbons (Fsp3) is 0.353. The molecule has 1 aromatic carbocycles. The van der Waals surface area contributed by atoms with Crippen LogP contribution in [-0.2, 0) is 11.4 Å². The molecule has 1 N–H and O–H groups in total. The summed E-state index contributed by atoms with van der Waals surface area (Å²) < 4.78 is 15.1. The third-order valence-corrected chi connectivity index (χ3v) is 6.01. The van der Waals surface area contributed by atoms with Crippen LogP contribution in [0.4, 0.5) is 0 Å². The highest BCUT2D eigenvalue weighted by molar-refractivity contribution is 7.90. The maximum atomic E-state index is 12.2. The maximum Gasteiger partial charge on any atom is 0.136 e. The Balaban J connectivity index is 2.15. The van der Waals surface area contributed by atoms with E-state index in [0.29, 0.717) is 0 Å². The normalized spacial score (nSPS) is 15.0. The highest BCUT2D eigenvalue weighted by Gasteiger charge is 2.28. The van der Waals surface area contributed by atoms with Gasteiger partial charge < -0.3 is 4.55 Å². The van der Waals surface area contributed by atoms with Crippen molar-refractivity contribution in [2.75, 3.05) is 0 Å². The zero-order chi connectivity index (χ0) is 15.6. The largest absolute Gasteiger partial charge is 0.598 e. The van der Waals surface area contributed by atoms with Gasteiger partial charge in [0.1, 0.15) is 4.75 Å². The van der Waals surface area contributed by atoms with Crippen LogP contribution in [0.15, 0.2) is 35.7 Å². The van der Waals surface area contributed by atoms with Gasteiger partial charge in [-0.1, -0.05) is 24.3 Å². The van der Waals surface area contributed by atoms with Crippen molar-refractivity contribution in [3.8, 4) is 11.1 Å². The van der Waals surface area contributed by atoms with Crippen LogP contribution >= 0.6 is 11.3 Å². The monoisotopic (exact) mass is 320 g/mol. The lowest BCUT2D eigenvalue weighted by Gasteiger charge is -2.26. The van der Waals surface area contributed by atoms with E-state index < -0.39 is 11.4 Å². The third-order valence-electron chi connectivity index (χ3n) is 3.21. The first-order valence-electron chi connectivity index (χ1n) is 6.97. The molecular weight excluding hydrogens is 298 g/mol. The minimum absolute atomic E-state index is 0.0702. The molecular formula is C17H22NOS2. The molecule has 0 aliphatic rings. The fourth-order valence-corrected chi connectivity index (χ4v) is 3.71. The Morgan fingerprint density at radius 2 is 1.95 bits per heavy atom. The van der Waals surface area contributed by atoms with Gasteiger partial charge in [-0.15, -0.1) is 16.1 Å². The summed E-state index contributed by atoms with van der Waals surface area (Å²) in [6.07, 6.45) is 0. The van der Waals surface area contributed by atoms with Gasteiger partial charge in [0.15, 0.2) is 0 Å². The standard InChI is InChI=1S/C17H22NOS2/c1-12-8-6-7-9-15(12)14-10-16(20-11-14)13(2)18-21(19)17(3,4)5/h6-11,13,18H,1H2,2-5H3/t13-,21?/m1/s1. The summed E-state index contributed by atoms with van der Waals surface area (Å²) in [7, 11) is 0. The Bertz CT molecular complexity index is 601. The molecule has 113 valence electrons. The number of hydrogen-bond donors (Lipinski definition) is 1. The first kappa shape index (κ1) is 16.6. The molecule has 0 fully saturated rings. The number of rotatable bonds is 4. The van der Waals surface area contributed by atoms with E-state index in [4.69, 9.17) is 0 Å². The van der Waals surface area contributed by atoms with Crippen molar-refractivity contribution in [1.29, 1.82) is 0 Å². The fourth-order valence-electron chi connectivity index (χ4n) is 1.92. The maximum absolute atomic E-state index is 12.2. The topological polar surface area (TPSA) is 35.1 Å². The summed E-state index contributed by atoms with van der Waals surface area (Å²) in [6, 6.07) is 10.4. The van der Waals surface area contributed by atoms with Gasteiger partial charge in [0.05, 0.1) is 6.04 Å². The molecule has 1 radical (unpaired) electrons. The SMILES string of the molecule is [CH2]c1ccccc1-c1csc([C@@H](C)N[S+]([O-])C(C)(C)C)c1. The van der Waals surface area contributed by atoms with Crippen molar-refractivity contribution < 1.29 is 4.55 Å². The Labute approximate surface area is 134 Å². The molecule has 0 aliphatic carbocycles. The second-order valence-electron chi connectivity index (χ2n) is 6.12. The van der Waals surface area contributed by atoms with Crippen LogP contribution in [-0.4, -0.2) is 9.30 Å². The predicted octanol–water partition coefficient (Wildman–Crippen LogP) is 4.71. The average molecular weight is 321 g/mol. The third kappa shape index (κ3) is 4.10. The molecule has 0 bridgehead atoms. The minimum atomic E-state index is -1.06. The molecule has 1 heterocycles. The van der Waals surface area contributed by atoms with Crippen molar-refractivity contribution >= 4 is 22.7 Å². The van der Waals surface area contributed by atoms with Gasteiger partial charge in [-0.2, -0.15) is 0 Å². The summed E-state index contributed by atoms with van der Waals surface area (Å²) in [5.74, 6) is 0. The molecule has 4 heteroatoms. The zero-order valence-electron chi connectivity index (χ0n) is 13.0. The smallest absolute Gasteiger partial charge is 0.136 e. The lowest BCUT2D eigenvalue weighted by molar-refractivity contribution is 0.532. The van der Waals surface area contributed by atoms with Crippen LogP contribution in [0.1, 0.15) is 44.2 Å². The molecule has 0 spiro atoms. The molecule has 0 amide bonds. The van der Waals surface area contributed by atoms with E-state index >= 15 is 0 Å². The lowest BCUT2D eigenvalue weighted by atomic mass is 10.0. The van der Waals surface area contributed by atoms with Crippen molar-refractivity contribution in [3.63, 3.8) is 0 Å². The molecule has 2 nitrogen and oxygen atoms in total. The number of benzene rings is 1. The van der Waals surface area contributed by atoms with Gasteiger partial charge in [-0.25, -0.2) is 0 Å². The zero-order valence-corrected chi connectivity index (χ0v) is 14.6. The highest BCUT2D eigenvalue weighted by Crippen LogP contribution is 2.31. The van der Waals surface area contributed by atoms with Gasteiger partial charge in [-0.05, 0) is 62.8 Å². The number of nitrogens with one attached hydrogen (secondary N) is 1. The molecule has 21 heavy (non-hydrogen) atoms. The highest BCUT2D eigenvalue weighted by atomic mass is 32.2. The minimum Gasteiger partial charge on any atom is -0.598 e. The molecule has 1 aromatic heterocycles. The Kier molecular flexibility index (Phi) is 5.15. The molecule has 0 saturated heterocycles. The van der Waals surface area contributed by atoms with Crippen LogP contribution in [0, 0.1) is 6.92 Å². The first-order chi connectivity index (χ1) is 9.79. The van der Waals surface area contributed by atoms with E-state index in [1.807, 2.05) is 39.0 Å². The Morgan fingerprint density at radius 1 is 1.29 bits per heavy atom. The quantitative estimate of drug-likeness (QED) is 0.828. The number of hydrogen-bond acceptors (Lipinski definition) is 3. The van der Waals surface area contributed by atoms with Crippen LogP contribution < -0.4 is 4.72 Å². The van der Waals surface area contributed by atoms with Crippen molar-refractivity contribution in [3.05, 3.63) is 53.1 Å². The second-order valence-corrected chi connectivity index (χ2v) is 9.06. The summed E-state index contributed by atoms with van der Waals surface area (Å²) >= 11 is 0.626. The summed E-state index contributed by atoms with van der Waals surface area (Å²) in [5, 5.41) is 2.14. The van der Waals surface area contributed by atoms with E-state index in [9.17, 15) is 4.55 Å². The summed E-state index contributed by atoms with van der Waals surface area (Å²) in [5.41, 5.74) is 3.36. The number of thiophene rings is 1. The van der Waals surface area contributed by atoms with Crippen molar-refractivity contribution in [1.82, 2.24) is 4.72 Å². The second kappa shape index (κ2) is 6.53. The van der Waals surface area contributed by atoms with E-state index in [1.165, 1.54) is 10.4 Å². The summed E-state index contributed by atoms with van der Waals surface area (Å²) in [4.78, 5) is 1.19. The predicted molar refractivity (Wildman–Crippen MR) is 93.7 cm³/mol. The molecule has 0 saturated carbocycles. The van der Waals surface area contributed by atoms with E-state index in [-0.39, 0.29) is 10.8 Å². The van der Waals surface area contributed by atoms with Crippen LogP contribution in [0.5, 0.6) is 0 Å². The van der Waals surface area contributed by atoms with E-state index in [0.717, 1.165) is 11.1 Å². The molecule has 2 rings (SSSR count). The van der Waals surface area contributed by atoms with Gasteiger partial charge >= 0.3 is 0 Å². The average Bonchev–Trinajstić information content (AvgIpc) is 2.87. The van der Waals surface area contributed by atoms with E-state index in [2.05, 4.69) is 36.1 Å². The van der Waals surface area contributed by atoms with Gasteiger partial charge in [0, 0.05) is 16.2 Å². The van der Waals surface area contributed by atoms with Crippen molar-refractivity contribution in [2.24, 2.45) is 0 Å². The van der Waals surface area contributed by atoms with Gasteiger partial charge in [-0.3, -0.25) is 0 Å². The molecule has 2 atom stereocenters. The Hall–Kier alpha value is -0.810. The molecule has 1 unspecified atom stereocenters. The van der Waals surface area contributed by atoms with Gasteiger partial charge in [0.2, 0.25) is 0 Å². The Morgan fingerprint density at radius 3 is 2.57 bits per heavy atom. The van der Waals surface area contributed by atoms with Crippen LogP contribution in [0.3, 0.4) is 0 Å². The summed E-state index contributed by atoms with van der Waals surface area (Å²) in [6.45, 7) is 12.0. The molecule has 2 aromatic rings. The van der Waals surface area contributed by atoms with Gasteiger partial charge in [0.25, 0.3) is 0 Å². The first-order valence-corrected chi connectivity index (χ1v) is 9.00. The van der Waals surface area contributed by atoms with Crippen molar-refractivity contribution in [2.45, 2.75) is 38.5 Å². The lowest BCUT2D eigenvalue weighted by Crippen LogP contribution is -2.40. The van der Waals surface area contributed by atoms with Crippen LogP contribution in [0.25, 0.3) is 11.1 Å². The van der Waals surface area contributed by atoms with E-state index in [1.54, 1.807) is 11.3 Å².